The van der Waals surface area contributed by atoms with E-state index in [-0.39, 0.29) is 23.5 Å². The third-order valence-corrected chi connectivity index (χ3v) is 5.95. The van der Waals surface area contributed by atoms with Gasteiger partial charge in [0.2, 0.25) is 11.8 Å². The van der Waals surface area contributed by atoms with Gasteiger partial charge >= 0.3 is 0 Å². The van der Waals surface area contributed by atoms with Crippen LogP contribution >= 0.6 is 11.3 Å². The van der Waals surface area contributed by atoms with E-state index in [2.05, 4.69) is 20.5 Å². The van der Waals surface area contributed by atoms with Crippen molar-refractivity contribution in [1.82, 2.24) is 4.98 Å². The summed E-state index contributed by atoms with van der Waals surface area (Å²) in [6, 6.07) is 12.0. The highest BCUT2D eigenvalue weighted by Gasteiger charge is 2.28. The Kier molecular flexibility index (Phi) is 5.44. The number of para-hydroxylation sites is 1. The number of anilines is 3. The van der Waals surface area contributed by atoms with E-state index in [0.717, 1.165) is 29.2 Å². The van der Waals surface area contributed by atoms with Gasteiger partial charge in [0.05, 0.1) is 10.6 Å². The minimum Gasteiger partial charge on any atom is -0.347 e. The summed E-state index contributed by atoms with van der Waals surface area (Å²) in [5.41, 5.74) is 1.66. The van der Waals surface area contributed by atoms with Crippen LogP contribution in [-0.2, 0) is 9.59 Å². The number of amides is 2. The molecule has 1 aliphatic heterocycles. The van der Waals surface area contributed by atoms with Crippen LogP contribution in [-0.4, -0.2) is 29.9 Å². The summed E-state index contributed by atoms with van der Waals surface area (Å²) in [5.74, 6) is -0.744. The Morgan fingerprint density at radius 3 is 2.69 bits per heavy atom. The minimum atomic E-state index is -0.324. The number of benzene rings is 2. The summed E-state index contributed by atoms with van der Waals surface area (Å²) >= 11 is 1.45. The van der Waals surface area contributed by atoms with Crippen LogP contribution in [0.1, 0.15) is 19.8 Å². The molecule has 2 N–H and O–H groups in total. The highest BCUT2D eigenvalue weighted by Crippen LogP contribution is 2.33. The zero-order valence-corrected chi connectivity index (χ0v) is 16.8. The number of halogens is 1. The predicted octanol–water partition coefficient (Wildman–Crippen LogP) is 4.25. The molecular formula is C21H21FN4O2S. The molecule has 1 atom stereocenters. The van der Waals surface area contributed by atoms with Crippen molar-refractivity contribution in [3.05, 3.63) is 48.3 Å². The standard InChI is InChI=1S/C21H21FN4O2S/c1-13(27)23-15-6-2-7-16(11-15)24-20(28)14-5-4-10-26(12-14)21-25-19-17(22)8-3-9-18(19)29-21/h2-3,6-9,11,14H,4-5,10,12H2,1H3,(H,23,27)(H,24,28). The topological polar surface area (TPSA) is 74.3 Å². The molecule has 1 saturated heterocycles. The molecule has 0 bridgehead atoms. The van der Waals surface area contributed by atoms with Crippen LogP contribution in [0, 0.1) is 11.7 Å². The Morgan fingerprint density at radius 2 is 1.93 bits per heavy atom. The monoisotopic (exact) mass is 412 g/mol. The van der Waals surface area contributed by atoms with Crippen LogP contribution in [0.5, 0.6) is 0 Å². The lowest BCUT2D eigenvalue weighted by Gasteiger charge is -2.31. The number of carbonyl (C=O) groups is 2. The van der Waals surface area contributed by atoms with Gasteiger partial charge in [0, 0.05) is 31.4 Å². The molecule has 29 heavy (non-hydrogen) atoms. The van der Waals surface area contributed by atoms with Crippen molar-refractivity contribution >= 4 is 49.9 Å². The van der Waals surface area contributed by atoms with Gasteiger partial charge in [0.25, 0.3) is 0 Å². The highest BCUT2D eigenvalue weighted by atomic mass is 32.1. The van der Waals surface area contributed by atoms with E-state index >= 15 is 0 Å². The molecule has 1 aliphatic rings. The lowest BCUT2D eigenvalue weighted by atomic mass is 9.97. The number of fused-ring (bicyclic) bond motifs is 1. The second-order valence-corrected chi connectivity index (χ2v) is 8.13. The van der Waals surface area contributed by atoms with Crippen molar-refractivity contribution in [1.29, 1.82) is 0 Å². The molecule has 0 radical (unpaired) electrons. The second kappa shape index (κ2) is 8.16. The van der Waals surface area contributed by atoms with Gasteiger partial charge in [-0.3, -0.25) is 9.59 Å². The smallest absolute Gasteiger partial charge is 0.229 e. The van der Waals surface area contributed by atoms with Gasteiger partial charge in [0.1, 0.15) is 11.3 Å². The molecule has 8 heteroatoms. The minimum absolute atomic E-state index is 0.0676. The van der Waals surface area contributed by atoms with E-state index in [1.807, 2.05) is 6.07 Å². The van der Waals surface area contributed by atoms with E-state index < -0.39 is 0 Å². The maximum Gasteiger partial charge on any atom is 0.229 e. The number of piperidine rings is 1. The molecule has 4 rings (SSSR count). The molecule has 2 aromatic carbocycles. The molecule has 6 nitrogen and oxygen atoms in total. The first-order chi connectivity index (χ1) is 14.0. The Hall–Kier alpha value is -3.00. The first-order valence-corrected chi connectivity index (χ1v) is 10.3. The Labute approximate surface area is 171 Å². The molecule has 1 aromatic heterocycles. The van der Waals surface area contributed by atoms with Gasteiger partial charge in [-0.25, -0.2) is 9.37 Å². The van der Waals surface area contributed by atoms with Gasteiger partial charge in [-0.2, -0.15) is 0 Å². The number of hydrogen-bond donors (Lipinski definition) is 2. The summed E-state index contributed by atoms with van der Waals surface area (Å²) in [5, 5.41) is 6.39. The van der Waals surface area contributed by atoms with Crippen LogP contribution in [0.25, 0.3) is 10.2 Å². The molecule has 1 fully saturated rings. The van der Waals surface area contributed by atoms with Gasteiger partial charge < -0.3 is 15.5 Å². The fourth-order valence-corrected chi connectivity index (χ4v) is 4.54. The fourth-order valence-electron chi connectivity index (χ4n) is 3.53. The molecule has 150 valence electrons. The molecular weight excluding hydrogens is 391 g/mol. The van der Waals surface area contributed by atoms with Crippen molar-refractivity contribution in [2.45, 2.75) is 19.8 Å². The lowest BCUT2D eigenvalue weighted by molar-refractivity contribution is -0.120. The largest absolute Gasteiger partial charge is 0.347 e. The first-order valence-electron chi connectivity index (χ1n) is 9.48. The van der Waals surface area contributed by atoms with Crippen molar-refractivity contribution in [3.8, 4) is 0 Å². The number of rotatable bonds is 4. The van der Waals surface area contributed by atoms with Crippen LogP contribution in [0.4, 0.5) is 20.9 Å². The van der Waals surface area contributed by atoms with Gasteiger partial charge in [0.15, 0.2) is 5.13 Å². The number of carbonyl (C=O) groups excluding carboxylic acids is 2. The van der Waals surface area contributed by atoms with E-state index in [1.165, 1.54) is 24.3 Å². The van der Waals surface area contributed by atoms with Gasteiger partial charge in [-0.1, -0.05) is 23.5 Å². The number of nitrogens with zero attached hydrogens (tertiary/aromatic N) is 2. The normalized spacial score (nSPS) is 16.6. The number of aromatic nitrogens is 1. The molecule has 2 amide bonds. The molecule has 2 heterocycles. The predicted molar refractivity (Wildman–Crippen MR) is 114 cm³/mol. The maximum absolute atomic E-state index is 14.0. The molecule has 0 saturated carbocycles. The van der Waals surface area contributed by atoms with Gasteiger partial charge in [-0.05, 0) is 43.2 Å². The number of hydrogen-bond acceptors (Lipinski definition) is 5. The molecule has 1 unspecified atom stereocenters. The van der Waals surface area contributed by atoms with E-state index in [4.69, 9.17) is 0 Å². The quantitative estimate of drug-likeness (QED) is 0.672. The lowest BCUT2D eigenvalue weighted by Crippen LogP contribution is -2.40. The maximum atomic E-state index is 14.0. The average Bonchev–Trinajstić information content (AvgIpc) is 3.14. The summed E-state index contributed by atoms with van der Waals surface area (Å²) < 4.78 is 14.8. The highest BCUT2D eigenvalue weighted by molar-refractivity contribution is 7.22. The van der Waals surface area contributed by atoms with Crippen molar-refractivity contribution in [3.63, 3.8) is 0 Å². The van der Waals surface area contributed by atoms with Crippen molar-refractivity contribution < 1.29 is 14.0 Å². The number of nitrogens with one attached hydrogen (secondary N) is 2. The molecule has 0 aliphatic carbocycles. The first kappa shape index (κ1) is 19.3. The van der Waals surface area contributed by atoms with Gasteiger partial charge in [-0.15, -0.1) is 0 Å². The Morgan fingerprint density at radius 1 is 1.17 bits per heavy atom. The average molecular weight is 412 g/mol. The van der Waals surface area contributed by atoms with E-state index in [1.54, 1.807) is 30.3 Å². The summed E-state index contributed by atoms with van der Waals surface area (Å²) in [4.78, 5) is 30.5. The van der Waals surface area contributed by atoms with E-state index in [0.29, 0.717) is 23.4 Å². The van der Waals surface area contributed by atoms with Crippen LogP contribution in [0.15, 0.2) is 42.5 Å². The Bertz CT molecular complexity index is 1070. The SMILES string of the molecule is CC(=O)Nc1cccc(NC(=O)C2CCCN(c3nc4c(F)cccc4s3)C2)c1. The van der Waals surface area contributed by atoms with E-state index in [9.17, 15) is 14.0 Å². The number of thiazole rings is 1. The molecule has 0 spiro atoms. The third-order valence-electron chi connectivity index (χ3n) is 4.87. The third kappa shape index (κ3) is 4.37. The van der Waals surface area contributed by atoms with Crippen LogP contribution in [0.3, 0.4) is 0 Å². The Balaban J connectivity index is 1.45. The van der Waals surface area contributed by atoms with Crippen molar-refractivity contribution in [2.75, 3.05) is 28.6 Å². The summed E-state index contributed by atoms with van der Waals surface area (Å²) in [7, 11) is 0. The zero-order valence-electron chi connectivity index (χ0n) is 15.9. The van der Waals surface area contributed by atoms with Crippen LogP contribution < -0.4 is 15.5 Å². The van der Waals surface area contributed by atoms with Crippen LogP contribution in [0.2, 0.25) is 0 Å². The van der Waals surface area contributed by atoms with Crippen molar-refractivity contribution in [2.24, 2.45) is 5.92 Å². The molecule has 3 aromatic rings. The fraction of sp³-hybridized carbons (Fsp3) is 0.286. The zero-order chi connectivity index (χ0) is 20.4. The second-order valence-electron chi connectivity index (χ2n) is 7.12. The summed E-state index contributed by atoms with van der Waals surface area (Å²) in [6.07, 6.45) is 1.65. The summed E-state index contributed by atoms with van der Waals surface area (Å²) in [6.45, 7) is 2.78.